The summed E-state index contributed by atoms with van der Waals surface area (Å²) < 4.78 is 13.7. The second kappa shape index (κ2) is 5.26. The monoisotopic (exact) mass is 268 g/mol. The minimum absolute atomic E-state index is 0.206. The molecule has 0 radical (unpaired) electrons. The fraction of sp³-hybridized carbons (Fsp3) is 0.231. The van der Waals surface area contributed by atoms with Gasteiger partial charge in [-0.1, -0.05) is 33.6 Å². The Bertz CT molecular complexity index is 395. The maximum absolute atomic E-state index is 12.7. The number of hydrogen-bond donors (Lipinski definition) is 0. The van der Waals surface area contributed by atoms with E-state index >= 15 is 0 Å². The Hall–Kier alpha value is -0.890. The van der Waals surface area contributed by atoms with Crippen molar-refractivity contribution in [2.24, 2.45) is 0 Å². The maximum atomic E-state index is 12.7. The van der Waals surface area contributed by atoms with Gasteiger partial charge in [-0.05, 0) is 50.1 Å². The van der Waals surface area contributed by atoms with E-state index in [4.69, 9.17) is 0 Å². The molecule has 0 spiro atoms. The number of allylic oxidation sites excluding steroid dienone is 3. The van der Waals surface area contributed by atoms with Gasteiger partial charge in [0, 0.05) is 4.48 Å². The zero-order valence-corrected chi connectivity index (χ0v) is 10.7. The van der Waals surface area contributed by atoms with Crippen molar-refractivity contribution in [2.75, 3.05) is 0 Å². The SMILES string of the molecule is CC(C)=C(C)/C(Br)=C\c1ccc(F)cc1. The molecule has 0 aromatic heterocycles. The summed E-state index contributed by atoms with van der Waals surface area (Å²) in [4.78, 5) is 0. The second-order valence-corrected chi connectivity index (χ2v) is 4.52. The van der Waals surface area contributed by atoms with Gasteiger partial charge >= 0.3 is 0 Å². The van der Waals surface area contributed by atoms with Crippen molar-refractivity contribution in [3.05, 3.63) is 51.3 Å². The molecule has 1 aromatic carbocycles. The minimum atomic E-state index is -0.206. The van der Waals surface area contributed by atoms with Gasteiger partial charge in [-0.2, -0.15) is 0 Å². The van der Waals surface area contributed by atoms with Crippen LogP contribution in [-0.2, 0) is 0 Å². The molecular weight excluding hydrogens is 255 g/mol. The lowest BCUT2D eigenvalue weighted by molar-refractivity contribution is 0.628. The lowest BCUT2D eigenvalue weighted by atomic mass is 10.1. The van der Waals surface area contributed by atoms with Crippen LogP contribution >= 0.6 is 15.9 Å². The van der Waals surface area contributed by atoms with Crippen molar-refractivity contribution in [1.29, 1.82) is 0 Å². The summed E-state index contributed by atoms with van der Waals surface area (Å²) >= 11 is 3.51. The zero-order valence-electron chi connectivity index (χ0n) is 9.14. The molecule has 80 valence electrons. The van der Waals surface area contributed by atoms with E-state index in [1.54, 1.807) is 12.1 Å². The average Bonchev–Trinajstić information content (AvgIpc) is 2.20. The Labute approximate surface area is 98.6 Å². The molecule has 0 atom stereocenters. The number of hydrogen-bond acceptors (Lipinski definition) is 0. The van der Waals surface area contributed by atoms with Gasteiger partial charge < -0.3 is 0 Å². The molecular formula is C13H14BrF. The van der Waals surface area contributed by atoms with Crippen LogP contribution in [0.4, 0.5) is 4.39 Å². The smallest absolute Gasteiger partial charge is 0.123 e. The van der Waals surface area contributed by atoms with Gasteiger partial charge in [0.1, 0.15) is 5.82 Å². The Balaban J connectivity index is 2.98. The molecule has 0 saturated heterocycles. The fourth-order valence-corrected chi connectivity index (χ4v) is 1.71. The van der Waals surface area contributed by atoms with Gasteiger partial charge in [0.2, 0.25) is 0 Å². The van der Waals surface area contributed by atoms with Crippen LogP contribution in [0.3, 0.4) is 0 Å². The van der Waals surface area contributed by atoms with E-state index in [0.29, 0.717) is 0 Å². The van der Waals surface area contributed by atoms with Gasteiger partial charge in [-0.3, -0.25) is 0 Å². The summed E-state index contributed by atoms with van der Waals surface area (Å²) in [5.74, 6) is -0.206. The first-order valence-electron chi connectivity index (χ1n) is 4.78. The highest BCUT2D eigenvalue weighted by Crippen LogP contribution is 2.23. The molecule has 1 aromatic rings. The Morgan fingerprint density at radius 1 is 1.13 bits per heavy atom. The van der Waals surface area contributed by atoms with Crippen molar-refractivity contribution in [3.8, 4) is 0 Å². The first-order valence-corrected chi connectivity index (χ1v) is 5.57. The summed E-state index contributed by atoms with van der Waals surface area (Å²) in [5.41, 5.74) is 3.46. The zero-order chi connectivity index (χ0) is 11.4. The highest BCUT2D eigenvalue weighted by atomic mass is 79.9. The van der Waals surface area contributed by atoms with E-state index in [2.05, 4.69) is 36.7 Å². The van der Waals surface area contributed by atoms with Crippen LogP contribution in [0, 0.1) is 5.82 Å². The minimum Gasteiger partial charge on any atom is -0.207 e. The summed E-state index contributed by atoms with van der Waals surface area (Å²) in [5, 5.41) is 0. The summed E-state index contributed by atoms with van der Waals surface area (Å²) in [6.07, 6.45) is 1.99. The quantitative estimate of drug-likeness (QED) is 0.668. The molecule has 15 heavy (non-hydrogen) atoms. The Morgan fingerprint density at radius 2 is 1.67 bits per heavy atom. The molecule has 0 aliphatic heterocycles. The van der Waals surface area contributed by atoms with E-state index in [0.717, 1.165) is 10.0 Å². The molecule has 0 unspecified atom stereocenters. The Kier molecular flexibility index (Phi) is 4.28. The molecule has 2 heteroatoms. The first kappa shape index (κ1) is 12.2. The van der Waals surface area contributed by atoms with E-state index in [-0.39, 0.29) is 5.82 Å². The van der Waals surface area contributed by atoms with Crippen LogP contribution in [0.2, 0.25) is 0 Å². The molecule has 0 amide bonds. The fourth-order valence-electron chi connectivity index (χ4n) is 1.05. The van der Waals surface area contributed by atoms with Crippen LogP contribution in [-0.4, -0.2) is 0 Å². The van der Waals surface area contributed by atoms with E-state index in [1.165, 1.54) is 23.3 Å². The van der Waals surface area contributed by atoms with Crippen LogP contribution in [0.1, 0.15) is 26.3 Å². The molecule has 0 bridgehead atoms. The van der Waals surface area contributed by atoms with Gasteiger partial charge in [-0.25, -0.2) is 4.39 Å². The van der Waals surface area contributed by atoms with Crippen molar-refractivity contribution in [3.63, 3.8) is 0 Å². The van der Waals surface area contributed by atoms with Crippen molar-refractivity contribution >= 4 is 22.0 Å². The number of halogens is 2. The number of rotatable bonds is 2. The summed E-state index contributed by atoms with van der Waals surface area (Å²) in [6.45, 7) is 6.18. The molecule has 0 nitrogen and oxygen atoms in total. The van der Waals surface area contributed by atoms with Gasteiger partial charge in [-0.15, -0.1) is 0 Å². The van der Waals surface area contributed by atoms with Gasteiger partial charge in [0.25, 0.3) is 0 Å². The van der Waals surface area contributed by atoms with Crippen LogP contribution in [0.15, 0.2) is 39.9 Å². The Morgan fingerprint density at radius 3 is 2.13 bits per heavy atom. The normalized spacial score (nSPS) is 11.4. The molecule has 0 fully saturated rings. The first-order chi connectivity index (χ1) is 7.00. The summed E-state index contributed by atoms with van der Waals surface area (Å²) in [7, 11) is 0. The topological polar surface area (TPSA) is 0 Å². The highest BCUT2D eigenvalue weighted by Gasteiger charge is 1.98. The second-order valence-electron chi connectivity index (χ2n) is 3.67. The van der Waals surface area contributed by atoms with E-state index in [1.807, 2.05) is 6.08 Å². The van der Waals surface area contributed by atoms with Crippen molar-refractivity contribution in [2.45, 2.75) is 20.8 Å². The van der Waals surface area contributed by atoms with Gasteiger partial charge in [0.05, 0.1) is 0 Å². The standard InChI is InChI=1S/C13H14BrF/c1-9(2)10(3)13(14)8-11-4-6-12(15)7-5-11/h4-8H,1-3H3/b13-8+. The molecule has 0 aliphatic carbocycles. The van der Waals surface area contributed by atoms with Crippen LogP contribution in [0.5, 0.6) is 0 Å². The predicted molar refractivity (Wildman–Crippen MR) is 67.4 cm³/mol. The van der Waals surface area contributed by atoms with E-state index in [9.17, 15) is 4.39 Å². The lowest BCUT2D eigenvalue weighted by Crippen LogP contribution is -1.81. The molecule has 1 rings (SSSR count). The van der Waals surface area contributed by atoms with Gasteiger partial charge in [0.15, 0.2) is 0 Å². The maximum Gasteiger partial charge on any atom is 0.123 e. The largest absolute Gasteiger partial charge is 0.207 e. The number of benzene rings is 1. The molecule has 0 N–H and O–H groups in total. The van der Waals surface area contributed by atoms with Crippen molar-refractivity contribution < 1.29 is 4.39 Å². The third-order valence-corrected chi connectivity index (χ3v) is 3.10. The third-order valence-electron chi connectivity index (χ3n) is 2.27. The molecule has 0 heterocycles. The third kappa shape index (κ3) is 3.63. The van der Waals surface area contributed by atoms with Crippen LogP contribution < -0.4 is 0 Å². The van der Waals surface area contributed by atoms with Crippen LogP contribution in [0.25, 0.3) is 6.08 Å². The highest BCUT2D eigenvalue weighted by molar-refractivity contribution is 9.12. The lowest BCUT2D eigenvalue weighted by Gasteiger charge is -2.02. The van der Waals surface area contributed by atoms with Crippen molar-refractivity contribution in [1.82, 2.24) is 0 Å². The van der Waals surface area contributed by atoms with E-state index < -0.39 is 0 Å². The average molecular weight is 269 g/mol. The molecule has 0 saturated carbocycles. The predicted octanol–water partition coefficient (Wildman–Crippen LogP) is 4.92. The summed E-state index contributed by atoms with van der Waals surface area (Å²) in [6, 6.07) is 6.44. The molecule has 0 aliphatic rings.